The van der Waals surface area contributed by atoms with E-state index in [1.807, 2.05) is 18.2 Å². The monoisotopic (exact) mass is 326 g/mol. The number of ether oxygens (including phenoxy) is 1. The summed E-state index contributed by atoms with van der Waals surface area (Å²) in [5.41, 5.74) is 0. The van der Waals surface area contributed by atoms with E-state index in [0.717, 1.165) is 15.1 Å². The van der Waals surface area contributed by atoms with Crippen LogP contribution in [0.5, 0.6) is 11.5 Å². The smallest absolute Gasteiger partial charge is 0.154 e. The Kier molecular flexibility index (Phi) is 2.36. The first-order valence-corrected chi connectivity index (χ1v) is 6.47. The van der Waals surface area contributed by atoms with E-state index >= 15 is 0 Å². The van der Waals surface area contributed by atoms with Gasteiger partial charge >= 0.3 is 0 Å². The minimum Gasteiger partial charge on any atom is -0.454 e. The molecule has 0 bridgehead atoms. The molecule has 0 N–H and O–H groups in total. The van der Waals surface area contributed by atoms with Crippen LogP contribution in [0.2, 0.25) is 0 Å². The summed E-state index contributed by atoms with van der Waals surface area (Å²) in [7, 11) is 0. The van der Waals surface area contributed by atoms with Gasteiger partial charge in [0.05, 0.1) is 13.4 Å². The number of hydrogen-bond donors (Lipinski definition) is 0. The van der Waals surface area contributed by atoms with Crippen LogP contribution in [0, 0.1) is 3.57 Å². The molecule has 0 amide bonds. The normalized spacial score (nSPS) is 12.6. The first-order valence-electron chi connectivity index (χ1n) is 4.58. The van der Waals surface area contributed by atoms with Crippen LogP contribution >= 0.6 is 34.4 Å². The van der Waals surface area contributed by atoms with Gasteiger partial charge in [-0.05, 0) is 46.9 Å². The maximum absolute atomic E-state index is 5.88. The quantitative estimate of drug-likeness (QED) is 0.561. The van der Waals surface area contributed by atoms with Crippen LogP contribution < -0.4 is 4.74 Å². The lowest BCUT2D eigenvalue weighted by Gasteiger charge is -2.20. The van der Waals surface area contributed by atoms with Crippen LogP contribution in [0.3, 0.4) is 0 Å². The summed E-state index contributed by atoms with van der Waals surface area (Å²) in [6, 6.07) is 14.3. The summed E-state index contributed by atoms with van der Waals surface area (Å²) in [4.78, 5) is 2.38. The highest BCUT2D eigenvalue weighted by Crippen LogP contribution is 2.48. The Morgan fingerprint density at radius 1 is 0.933 bits per heavy atom. The second kappa shape index (κ2) is 3.72. The third-order valence-electron chi connectivity index (χ3n) is 2.21. The van der Waals surface area contributed by atoms with Crippen LogP contribution in [-0.2, 0) is 0 Å². The number of hydrogen-bond acceptors (Lipinski definition) is 2. The molecule has 0 aromatic heterocycles. The molecule has 0 saturated carbocycles. The van der Waals surface area contributed by atoms with Crippen molar-refractivity contribution in [2.75, 3.05) is 0 Å². The van der Waals surface area contributed by atoms with Gasteiger partial charge in [-0.3, -0.25) is 0 Å². The minimum atomic E-state index is 0.958. The molecule has 1 nitrogen and oxygen atoms in total. The van der Waals surface area contributed by atoms with E-state index < -0.39 is 0 Å². The van der Waals surface area contributed by atoms with Gasteiger partial charge in [0, 0.05) is 0 Å². The lowest BCUT2D eigenvalue weighted by molar-refractivity contribution is 0.451. The Hall–Kier alpha value is -0.680. The number of benzene rings is 2. The predicted octanol–water partition coefficient (Wildman–Crippen LogP) is 4.55. The Balaban J connectivity index is 2.15. The zero-order chi connectivity index (χ0) is 10.3. The summed E-state index contributed by atoms with van der Waals surface area (Å²) in [5, 5.41) is 0. The highest BCUT2D eigenvalue weighted by molar-refractivity contribution is 14.1. The topological polar surface area (TPSA) is 9.23 Å². The molecule has 3 heteroatoms. The first kappa shape index (κ1) is 9.54. The lowest BCUT2D eigenvalue weighted by atomic mass is 10.3. The van der Waals surface area contributed by atoms with Gasteiger partial charge < -0.3 is 4.74 Å². The van der Waals surface area contributed by atoms with Gasteiger partial charge in [-0.25, -0.2) is 0 Å². The fourth-order valence-corrected chi connectivity index (χ4v) is 3.29. The third kappa shape index (κ3) is 1.63. The molecule has 1 heterocycles. The number of rotatable bonds is 0. The number of halogens is 1. The average Bonchev–Trinajstić information content (AvgIpc) is 2.27. The summed E-state index contributed by atoms with van der Waals surface area (Å²) in [6.45, 7) is 0. The van der Waals surface area contributed by atoms with E-state index in [4.69, 9.17) is 4.74 Å². The molecule has 15 heavy (non-hydrogen) atoms. The largest absolute Gasteiger partial charge is 0.454 e. The van der Waals surface area contributed by atoms with E-state index in [1.165, 1.54) is 9.79 Å². The lowest BCUT2D eigenvalue weighted by Crippen LogP contribution is -1.96. The van der Waals surface area contributed by atoms with Crippen LogP contribution in [-0.4, -0.2) is 0 Å². The molecule has 2 aromatic carbocycles. The molecule has 1 aliphatic rings. The maximum atomic E-state index is 5.88. The summed E-state index contributed by atoms with van der Waals surface area (Å²) in [5.74, 6) is 1.95. The van der Waals surface area contributed by atoms with Crippen LogP contribution in [0.25, 0.3) is 0 Å². The van der Waals surface area contributed by atoms with Gasteiger partial charge in [0.25, 0.3) is 0 Å². The summed E-state index contributed by atoms with van der Waals surface area (Å²) < 4.78 is 7.04. The third-order valence-corrected chi connectivity index (χ3v) is 4.16. The SMILES string of the molecule is Ic1cccc2c1Oc1ccccc1S2. The zero-order valence-corrected chi connectivity index (χ0v) is 10.7. The van der Waals surface area contributed by atoms with Crippen molar-refractivity contribution >= 4 is 34.4 Å². The molecule has 2 aromatic rings. The van der Waals surface area contributed by atoms with Crippen molar-refractivity contribution in [2.24, 2.45) is 0 Å². The Labute approximate surface area is 106 Å². The van der Waals surface area contributed by atoms with Gasteiger partial charge in [-0.1, -0.05) is 30.0 Å². The molecular weight excluding hydrogens is 319 g/mol. The fourth-order valence-electron chi connectivity index (χ4n) is 1.52. The Morgan fingerprint density at radius 3 is 2.67 bits per heavy atom. The Morgan fingerprint density at radius 2 is 1.73 bits per heavy atom. The molecule has 0 unspecified atom stereocenters. The minimum absolute atomic E-state index is 0.958. The number of fused-ring (bicyclic) bond motifs is 2. The second-order valence-electron chi connectivity index (χ2n) is 3.22. The van der Waals surface area contributed by atoms with Crippen molar-refractivity contribution < 1.29 is 4.74 Å². The zero-order valence-electron chi connectivity index (χ0n) is 7.74. The van der Waals surface area contributed by atoms with Gasteiger partial charge in [-0.2, -0.15) is 0 Å². The van der Waals surface area contributed by atoms with E-state index in [-0.39, 0.29) is 0 Å². The van der Waals surface area contributed by atoms with Crippen molar-refractivity contribution in [2.45, 2.75) is 9.79 Å². The average molecular weight is 326 g/mol. The van der Waals surface area contributed by atoms with Crippen LogP contribution in [0.4, 0.5) is 0 Å². The van der Waals surface area contributed by atoms with E-state index in [0.29, 0.717) is 0 Å². The van der Waals surface area contributed by atoms with E-state index in [9.17, 15) is 0 Å². The maximum Gasteiger partial charge on any atom is 0.154 e. The van der Waals surface area contributed by atoms with Crippen molar-refractivity contribution in [3.63, 3.8) is 0 Å². The van der Waals surface area contributed by atoms with Crippen molar-refractivity contribution in [1.29, 1.82) is 0 Å². The molecule has 3 rings (SSSR count). The predicted molar refractivity (Wildman–Crippen MR) is 69.8 cm³/mol. The molecule has 0 fully saturated rings. The van der Waals surface area contributed by atoms with Gasteiger partial charge in [0.2, 0.25) is 0 Å². The van der Waals surface area contributed by atoms with Crippen molar-refractivity contribution in [1.82, 2.24) is 0 Å². The van der Waals surface area contributed by atoms with Gasteiger partial charge in [0.15, 0.2) is 5.75 Å². The highest BCUT2D eigenvalue weighted by Gasteiger charge is 2.18. The Bertz CT molecular complexity index is 525. The summed E-state index contributed by atoms with van der Waals surface area (Å²) in [6.07, 6.45) is 0. The number of para-hydroxylation sites is 2. The molecule has 0 spiro atoms. The molecular formula is C12H7IOS. The van der Waals surface area contributed by atoms with Gasteiger partial charge in [-0.15, -0.1) is 0 Å². The van der Waals surface area contributed by atoms with E-state index in [2.05, 4.69) is 46.9 Å². The van der Waals surface area contributed by atoms with Crippen LogP contribution in [0.15, 0.2) is 52.3 Å². The van der Waals surface area contributed by atoms with E-state index in [1.54, 1.807) is 11.8 Å². The summed E-state index contributed by atoms with van der Waals surface area (Å²) >= 11 is 4.07. The van der Waals surface area contributed by atoms with Crippen LogP contribution in [0.1, 0.15) is 0 Å². The van der Waals surface area contributed by atoms with Crippen molar-refractivity contribution in [3.8, 4) is 11.5 Å². The second-order valence-corrected chi connectivity index (χ2v) is 5.46. The standard InChI is InChI=1S/C12H7IOS/c13-8-4-3-7-11-12(8)14-9-5-1-2-6-10(9)15-11/h1-7H. The molecule has 0 aliphatic carbocycles. The molecule has 74 valence electrons. The fraction of sp³-hybridized carbons (Fsp3) is 0. The molecule has 0 saturated heterocycles. The van der Waals surface area contributed by atoms with Crippen molar-refractivity contribution in [3.05, 3.63) is 46.0 Å². The first-order chi connectivity index (χ1) is 7.34. The van der Waals surface area contributed by atoms with Gasteiger partial charge in [0.1, 0.15) is 5.75 Å². The highest BCUT2D eigenvalue weighted by atomic mass is 127. The molecule has 1 aliphatic heterocycles. The molecule has 0 radical (unpaired) electrons. The molecule has 0 atom stereocenters.